The van der Waals surface area contributed by atoms with Gasteiger partial charge in [0.15, 0.2) is 0 Å². The predicted octanol–water partition coefficient (Wildman–Crippen LogP) is 0.242. The largest absolute Gasteiger partial charge is 0.508 e. The summed E-state index contributed by atoms with van der Waals surface area (Å²) in [7, 11) is 0. The first-order valence-electron chi connectivity index (χ1n) is 12.2. The highest BCUT2D eigenvalue weighted by atomic mass is 16.4. The minimum Gasteiger partial charge on any atom is -0.508 e. The van der Waals surface area contributed by atoms with E-state index in [0.717, 1.165) is 0 Å². The van der Waals surface area contributed by atoms with Crippen LogP contribution in [-0.2, 0) is 25.6 Å². The van der Waals surface area contributed by atoms with E-state index < -0.39 is 47.9 Å². The molecule has 11 nitrogen and oxygen atoms in total. The van der Waals surface area contributed by atoms with Gasteiger partial charge in [0.1, 0.15) is 23.9 Å². The molecule has 0 saturated heterocycles. The van der Waals surface area contributed by atoms with Gasteiger partial charge in [0, 0.05) is 6.42 Å². The van der Waals surface area contributed by atoms with Crippen LogP contribution in [0.2, 0.25) is 0 Å². The predicted molar refractivity (Wildman–Crippen MR) is 136 cm³/mol. The van der Waals surface area contributed by atoms with Crippen molar-refractivity contribution in [2.45, 2.75) is 77.5 Å². The highest BCUT2D eigenvalue weighted by molar-refractivity contribution is 5.94. The number of carboxylic acids is 1. The quantitative estimate of drug-likeness (QED) is 0.164. The van der Waals surface area contributed by atoms with Crippen LogP contribution in [0, 0.1) is 11.8 Å². The Morgan fingerprint density at radius 2 is 1.42 bits per heavy atom. The van der Waals surface area contributed by atoms with Crippen molar-refractivity contribution < 1.29 is 29.4 Å². The van der Waals surface area contributed by atoms with Crippen molar-refractivity contribution in [3.63, 3.8) is 0 Å². The molecule has 1 aromatic rings. The van der Waals surface area contributed by atoms with Crippen molar-refractivity contribution in [3.05, 3.63) is 29.8 Å². The molecular formula is C25H41N5O6. The zero-order valence-electron chi connectivity index (χ0n) is 21.5. The number of nitrogens with one attached hydrogen (secondary N) is 3. The first-order valence-corrected chi connectivity index (χ1v) is 12.2. The van der Waals surface area contributed by atoms with Crippen LogP contribution in [0.5, 0.6) is 5.75 Å². The summed E-state index contributed by atoms with van der Waals surface area (Å²) < 4.78 is 0. The summed E-state index contributed by atoms with van der Waals surface area (Å²) in [4.78, 5) is 50.4. The number of carboxylic acid groups (broad SMARTS) is 1. The van der Waals surface area contributed by atoms with Crippen LogP contribution in [0.4, 0.5) is 0 Å². The van der Waals surface area contributed by atoms with Gasteiger partial charge in [-0.05, 0) is 55.3 Å². The molecule has 9 N–H and O–H groups in total. The van der Waals surface area contributed by atoms with E-state index in [2.05, 4.69) is 16.0 Å². The van der Waals surface area contributed by atoms with Crippen LogP contribution in [0.25, 0.3) is 0 Å². The molecular weight excluding hydrogens is 466 g/mol. The molecule has 4 unspecified atom stereocenters. The highest BCUT2D eigenvalue weighted by Crippen LogP contribution is 2.12. The molecule has 1 rings (SSSR count). The molecule has 0 aromatic heterocycles. The molecule has 0 aliphatic carbocycles. The molecule has 11 heteroatoms. The van der Waals surface area contributed by atoms with Crippen molar-refractivity contribution in [1.29, 1.82) is 0 Å². The summed E-state index contributed by atoms with van der Waals surface area (Å²) in [5.41, 5.74) is 12.1. The van der Waals surface area contributed by atoms with Crippen molar-refractivity contribution in [3.8, 4) is 5.75 Å². The summed E-state index contributed by atoms with van der Waals surface area (Å²) >= 11 is 0. The van der Waals surface area contributed by atoms with Gasteiger partial charge in [-0.15, -0.1) is 0 Å². The summed E-state index contributed by atoms with van der Waals surface area (Å²) in [5.74, 6) is -3.38. The molecule has 0 aliphatic rings. The number of carbonyl (C=O) groups excluding carboxylic acids is 3. The first kappa shape index (κ1) is 30.9. The number of benzene rings is 1. The lowest BCUT2D eigenvalue weighted by Crippen LogP contribution is -2.59. The average Bonchev–Trinajstić information content (AvgIpc) is 2.81. The number of hydrogen-bond acceptors (Lipinski definition) is 7. The Hall–Kier alpha value is -3.18. The van der Waals surface area contributed by atoms with Crippen molar-refractivity contribution >= 4 is 23.7 Å². The summed E-state index contributed by atoms with van der Waals surface area (Å²) in [6, 6.07) is 1.99. The number of aliphatic carboxylic acids is 1. The number of hydrogen-bond donors (Lipinski definition) is 7. The fourth-order valence-corrected chi connectivity index (χ4v) is 3.45. The number of amides is 3. The zero-order chi connectivity index (χ0) is 27.4. The molecule has 0 bridgehead atoms. The normalized spacial score (nSPS) is 14.6. The second-order valence-electron chi connectivity index (χ2n) is 9.62. The number of carbonyl (C=O) groups is 4. The number of phenols is 1. The molecule has 202 valence electrons. The average molecular weight is 508 g/mol. The lowest BCUT2D eigenvalue weighted by Gasteiger charge is -2.27. The third-order valence-corrected chi connectivity index (χ3v) is 5.84. The molecule has 0 spiro atoms. The molecule has 0 saturated carbocycles. The van der Waals surface area contributed by atoms with Crippen molar-refractivity contribution in [1.82, 2.24) is 16.0 Å². The van der Waals surface area contributed by atoms with E-state index in [9.17, 15) is 29.4 Å². The Kier molecular flexibility index (Phi) is 12.9. The van der Waals surface area contributed by atoms with Crippen LogP contribution >= 0.6 is 0 Å². The van der Waals surface area contributed by atoms with Gasteiger partial charge in [-0.2, -0.15) is 0 Å². The van der Waals surface area contributed by atoms with Crippen LogP contribution in [0.15, 0.2) is 24.3 Å². The van der Waals surface area contributed by atoms with Gasteiger partial charge in [-0.3, -0.25) is 14.4 Å². The third kappa shape index (κ3) is 10.2. The minimum atomic E-state index is -1.25. The second kappa shape index (κ2) is 15.0. The standard InChI is InChI=1S/C25H41N5O6/c1-14(2)20(27)23(33)28-18(7-5-6-12-26)22(32)30-21(15(3)4)24(34)29-19(25(35)36)13-16-8-10-17(31)11-9-16/h8-11,14-15,18-21,31H,5-7,12-13,26-27H2,1-4H3,(H,28,33)(H,29,34)(H,30,32)(H,35,36). The molecule has 1 aromatic carbocycles. The molecule has 0 radical (unpaired) electrons. The van der Waals surface area contributed by atoms with Crippen molar-refractivity contribution in [2.75, 3.05) is 6.54 Å². The smallest absolute Gasteiger partial charge is 0.326 e. The number of phenolic OH excluding ortho intramolecular Hbond substituents is 1. The van der Waals surface area contributed by atoms with Gasteiger partial charge in [0.2, 0.25) is 17.7 Å². The van der Waals surface area contributed by atoms with Gasteiger partial charge in [-0.25, -0.2) is 4.79 Å². The van der Waals surface area contributed by atoms with Crippen molar-refractivity contribution in [2.24, 2.45) is 23.3 Å². The first-order chi connectivity index (χ1) is 16.9. The Balaban J connectivity index is 2.97. The maximum Gasteiger partial charge on any atom is 0.326 e. The fourth-order valence-electron chi connectivity index (χ4n) is 3.45. The third-order valence-electron chi connectivity index (χ3n) is 5.84. The molecule has 0 fully saturated rings. The van der Waals surface area contributed by atoms with E-state index in [1.54, 1.807) is 39.8 Å². The number of aromatic hydroxyl groups is 1. The monoisotopic (exact) mass is 507 g/mol. The SMILES string of the molecule is CC(C)C(N)C(=O)NC(CCCCN)C(=O)NC(C(=O)NC(Cc1ccc(O)cc1)C(=O)O)C(C)C. The van der Waals surface area contributed by atoms with Gasteiger partial charge < -0.3 is 37.6 Å². The molecule has 4 atom stereocenters. The maximum atomic E-state index is 13.1. The maximum absolute atomic E-state index is 13.1. The lowest BCUT2D eigenvalue weighted by molar-refractivity contribution is -0.142. The van der Waals surface area contributed by atoms with Gasteiger partial charge in [-0.1, -0.05) is 39.8 Å². The Morgan fingerprint density at radius 1 is 0.833 bits per heavy atom. The number of nitrogens with two attached hydrogens (primary N) is 2. The lowest BCUT2D eigenvalue weighted by atomic mass is 9.99. The van der Waals surface area contributed by atoms with Gasteiger partial charge in [0.25, 0.3) is 0 Å². The second-order valence-corrected chi connectivity index (χ2v) is 9.62. The minimum absolute atomic E-state index is 0.00895. The van der Waals surface area contributed by atoms with E-state index in [1.165, 1.54) is 12.1 Å². The topological polar surface area (TPSA) is 197 Å². The van der Waals surface area contributed by atoms with E-state index in [1.807, 2.05) is 0 Å². The molecule has 3 amide bonds. The number of rotatable bonds is 15. The van der Waals surface area contributed by atoms with Gasteiger partial charge in [0.05, 0.1) is 6.04 Å². The Labute approximate surface area is 212 Å². The molecule has 0 heterocycles. The number of unbranched alkanes of at least 4 members (excludes halogenated alkanes) is 1. The van der Waals surface area contributed by atoms with E-state index in [0.29, 0.717) is 31.4 Å². The van der Waals surface area contributed by atoms with Crippen LogP contribution < -0.4 is 27.4 Å². The highest BCUT2D eigenvalue weighted by Gasteiger charge is 2.32. The molecule has 0 aliphatic heterocycles. The van der Waals surface area contributed by atoms with Crippen LogP contribution in [-0.4, -0.2) is 64.6 Å². The van der Waals surface area contributed by atoms with E-state index in [4.69, 9.17) is 11.5 Å². The summed E-state index contributed by atoms with van der Waals surface area (Å²) in [6.45, 7) is 7.46. The van der Waals surface area contributed by atoms with Gasteiger partial charge >= 0.3 is 5.97 Å². The Bertz CT molecular complexity index is 874. The molecule has 36 heavy (non-hydrogen) atoms. The van der Waals surface area contributed by atoms with E-state index >= 15 is 0 Å². The van der Waals surface area contributed by atoms with Crippen LogP contribution in [0.1, 0.15) is 52.5 Å². The zero-order valence-corrected chi connectivity index (χ0v) is 21.5. The summed E-state index contributed by atoms with van der Waals surface area (Å²) in [6.07, 6.45) is 1.54. The van der Waals surface area contributed by atoms with E-state index in [-0.39, 0.29) is 24.0 Å². The summed E-state index contributed by atoms with van der Waals surface area (Å²) in [5, 5.41) is 26.9. The Morgan fingerprint density at radius 3 is 1.92 bits per heavy atom. The van der Waals surface area contributed by atoms with Crippen LogP contribution in [0.3, 0.4) is 0 Å². The fraction of sp³-hybridized carbons (Fsp3) is 0.600.